The Balaban J connectivity index is 2.22. The molecule has 2 rings (SSSR count). The summed E-state index contributed by atoms with van der Waals surface area (Å²) in [6.07, 6.45) is 5.01. The molecule has 0 N–H and O–H groups in total. The molecule has 1 heteroatoms. The van der Waals surface area contributed by atoms with E-state index in [1.54, 1.807) is 0 Å². The molecule has 1 aromatic carbocycles. The van der Waals surface area contributed by atoms with E-state index in [0.717, 1.165) is 19.3 Å². The van der Waals surface area contributed by atoms with E-state index in [1.165, 1.54) is 24.0 Å². The van der Waals surface area contributed by atoms with Crippen molar-refractivity contribution in [2.45, 2.75) is 44.9 Å². The molecular weight excluding hydrogens is 184 g/mol. The van der Waals surface area contributed by atoms with E-state index in [1.807, 2.05) is 0 Å². The molecule has 80 valence electrons. The summed E-state index contributed by atoms with van der Waals surface area (Å²) in [6, 6.07) is 8.47. The second-order valence-corrected chi connectivity index (χ2v) is 4.54. The van der Waals surface area contributed by atoms with Crippen LogP contribution in [-0.4, -0.2) is 5.78 Å². The topological polar surface area (TPSA) is 17.1 Å². The quantitative estimate of drug-likeness (QED) is 0.636. The average molecular weight is 202 g/mol. The van der Waals surface area contributed by atoms with Crippen LogP contribution in [-0.2, 0) is 4.79 Å². The molecule has 1 saturated carbocycles. The summed E-state index contributed by atoms with van der Waals surface area (Å²) in [6.45, 7) is 2.14. The molecule has 0 aromatic heterocycles. The molecule has 0 spiro atoms. The Kier molecular flexibility index (Phi) is 3.20. The first kappa shape index (κ1) is 10.4. The third-order valence-corrected chi connectivity index (χ3v) is 3.36. The highest BCUT2D eigenvalue weighted by atomic mass is 16.1. The van der Waals surface area contributed by atoms with Crippen LogP contribution in [0.2, 0.25) is 0 Å². The third kappa shape index (κ3) is 2.47. The lowest BCUT2D eigenvalue weighted by molar-refractivity contribution is -0.119. The van der Waals surface area contributed by atoms with Gasteiger partial charge in [-0.25, -0.2) is 0 Å². The van der Waals surface area contributed by atoms with E-state index in [4.69, 9.17) is 0 Å². The van der Waals surface area contributed by atoms with Gasteiger partial charge < -0.3 is 0 Å². The molecule has 1 unspecified atom stereocenters. The molecule has 0 radical (unpaired) electrons. The number of aryl methyl sites for hydroxylation is 1. The van der Waals surface area contributed by atoms with E-state index in [9.17, 15) is 4.79 Å². The Bertz CT molecular complexity index is 354. The summed E-state index contributed by atoms with van der Waals surface area (Å²) in [5.41, 5.74) is 2.71. The Hall–Kier alpha value is -1.11. The number of carbonyl (C=O) groups is 1. The lowest BCUT2D eigenvalue weighted by Gasteiger charge is -2.16. The number of benzene rings is 1. The van der Waals surface area contributed by atoms with Crippen LogP contribution >= 0.6 is 0 Å². The van der Waals surface area contributed by atoms with Crippen molar-refractivity contribution in [2.24, 2.45) is 0 Å². The third-order valence-electron chi connectivity index (χ3n) is 3.36. The Morgan fingerprint density at radius 1 is 1.20 bits per heavy atom. The van der Waals surface area contributed by atoms with Gasteiger partial charge >= 0.3 is 0 Å². The van der Waals surface area contributed by atoms with Crippen molar-refractivity contribution in [1.82, 2.24) is 0 Å². The Morgan fingerprint density at radius 3 is 2.80 bits per heavy atom. The molecule has 0 amide bonds. The van der Waals surface area contributed by atoms with Crippen molar-refractivity contribution in [3.05, 3.63) is 35.4 Å². The van der Waals surface area contributed by atoms with Crippen LogP contribution in [0.25, 0.3) is 0 Å². The Labute approximate surface area is 91.5 Å². The maximum Gasteiger partial charge on any atom is 0.133 e. The smallest absolute Gasteiger partial charge is 0.133 e. The average Bonchev–Trinajstić information content (AvgIpc) is 2.43. The van der Waals surface area contributed by atoms with Crippen molar-refractivity contribution < 1.29 is 4.79 Å². The fourth-order valence-electron chi connectivity index (χ4n) is 2.50. The van der Waals surface area contributed by atoms with Gasteiger partial charge in [-0.2, -0.15) is 0 Å². The summed E-state index contributed by atoms with van der Waals surface area (Å²) in [5.74, 6) is 0.918. The lowest BCUT2D eigenvalue weighted by atomic mass is 9.89. The largest absolute Gasteiger partial charge is 0.300 e. The molecule has 1 nitrogen and oxygen atoms in total. The Morgan fingerprint density at radius 2 is 2.00 bits per heavy atom. The van der Waals surface area contributed by atoms with Crippen molar-refractivity contribution in [1.29, 1.82) is 0 Å². The molecule has 0 heterocycles. The minimum Gasteiger partial charge on any atom is -0.300 e. The van der Waals surface area contributed by atoms with Crippen LogP contribution in [0, 0.1) is 6.92 Å². The normalized spacial score (nSPS) is 22.5. The lowest BCUT2D eigenvalue weighted by Crippen LogP contribution is -2.05. The molecule has 0 aliphatic heterocycles. The van der Waals surface area contributed by atoms with E-state index >= 15 is 0 Å². The van der Waals surface area contributed by atoms with Crippen LogP contribution in [0.3, 0.4) is 0 Å². The number of ketones is 1. The maximum absolute atomic E-state index is 11.6. The van der Waals surface area contributed by atoms with E-state index < -0.39 is 0 Å². The van der Waals surface area contributed by atoms with Crippen LogP contribution in [0.1, 0.15) is 49.1 Å². The van der Waals surface area contributed by atoms with E-state index in [0.29, 0.717) is 11.7 Å². The number of carbonyl (C=O) groups excluding carboxylic acids is 1. The molecule has 0 saturated heterocycles. The second-order valence-electron chi connectivity index (χ2n) is 4.54. The standard InChI is InChI=1S/C14H18O/c1-11-6-2-5-9-14(11)12-7-3-4-8-13(15)10-12/h2,5-6,9,12H,3-4,7-8,10H2,1H3. The number of rotatable bonds is 1. The minimum absolute atomic E-state index is 0.445. The zero-order valence-corrected chi connectivity index (χ0v) is 9.33. The summed E-state index contributed by atoms with van der Waals surface area (Å²) < 4.78 is 0. The molecule has 1 aromatic rings. The summed E-state index contributed by atoms with van der Waals surface area (Å²) in [4.78, 5) is 11.6. The van der Waals surface area contributed by atoms with Crippen LogP contribution < -0.4 is 0 Å². The van der Waals surface area contributed by atoms with Crippen molar-refractivity contribution in [3.63, 3.8) is 0 Å². The first-order chi connectivity index (χ1) is 7.27. The first-order valence-corrected chi connectivity index (χ1v) is 5.84. The number of Topliss-reactive ketones (excluding diaryl/α,β-unsaturated/α-hetero) is 1. The zero-order valence-electron chi connectivity index (χ0n) is 9.33. The highest BCUT2D eigenvalue weighted by Crippen LogP contribution is 2.31. The first-order valence-electron chi connectivity index (χ1n) is 5.84. The molecular formula is C14H18O. The molecule has 1 fully saturated rings. The van der Waals surface area contributed by atoms with E-state index in [-0.39, 0.29) is 0 Å². The van der Waals surface area contributed by atoms with Crippen molar-refractivity contribution >= 4 is 5.78 Å². The highest BCUT2D eigenvalue weighted by molar-refractivity contribution is 5.79. The molecule has 0 bridgehead atoms. The van der Waals surface area contributed by atoms with Gasteiger partial charge in [-0.15, -0.1) is 0 Å². The van der Waals surface area contributed by atoms with Gasteiger partial charge in [0.2, 0.25) is 0 Å². The van der Waals surface area contributed by atoms with Gasteiger partial charge in [0.05, 0.1) is 0 Å². The maximum atomic E-state index is 11.6. The van der Waals surface area contributed by atoms with Gasteiger partial charge in [-0.3, -0.25) is 4.79 Å². The van der Waals surface area contributed by atoms with Gasteiger partial charge in [-0.05, 0) is 36.8 Å². The fourth-order valence-corrected chi connectivity index (χ4v) is 2.50. The molecule has 1 aliphatic rings. The van der Waals surface area contributed by atoms with Gasteiger partial charge in [0.1, 0.15) is 5.78 Å². The van der Waals surface area contributed by atoms with Gasteiger partial charge in [-0.1, -0.05) is 30.7 Å². The van der Waals surface area contributed by atoms with Crippen LogP contribution in [0.4, 0.5) is 0 Å². The second kappa shape index (κ2) is 4.61. The van der Waals surface area contributed by atoms with E-state index in [2.05, 4.69) is 31.2 Å². The monoisotopic (exact) mass is 202 g/mol. The number of hydrogen-bond donors (Lipinski definition) is 0. The predicted octanol–water partition coefficient (Wildman–Crippen LogP) is 3.61. The van der Waals surface area contributed by atoms with Crippen molar-refractivity contribution in [2.75, 3.05) is 0 Å². The molecule has 1 atom stereocenters. The van der Waals surface area contributed by atoms with Crippen molar-refractivity contribution in [3.8, 4) is 0 Å². The van der Waals surface area contributed by atoms with Crippen LogP contribution in [0.15, 0.2) is 24.3 Å². The summed E-state index contributed by atoms with van der Waals surface area (Å²) >= 11 is 0. The SMILES string of the molecule is Cc1ccccc1C1CCCCC(=O)C1. The van der Waals surface area contributed by atoms with Gasteiger partial charge in [0, 0.05) is 12.8 Å². The zero-order chi connectivity index (χ0) is 10.7. The summed E-state index contributed by atoms with van der Waals surface area (Å²) in [7, 11) is 0. The minimum atomic E-state index is 0.445. The van der Waals surface area contributed by atoms with Gasteiger partial charge in [0.15, 0.2) is 0 Å². The number of hydrogen-bond acceptors (Lipinski definition) is 1. The molecule has 1 aliphatic carbocycles. The molecule has 15 heavy (non-hydrogen) atoms. The summed E-state index contributed by atoms with van der Waals surface area (Å²) in [5, 5.41) is 0. The highest BCUT2D eigenvalue weighted by Gasteiger charge is 2.20. The fraction of sp³-hybridized carbons (Fsp3) is 0.500. The van der Waals surface area contributed by atoms with Crippen LogP contribution in [0.5, 0.6) is 0 Å². The predicted molar refractivity (Wildman–Crippen MR) is 62.0 cm³/mol. The van der Waals surface area contributed by atoms with Gasteiger partial charge in [0.25, 0.3) is 0 Å².